The van der Waals surface area contributed by atoms with Crippen LogP contribution in [-0.4, -0.2) is 50.5 Å². The molecule has 0 aliphatic carbocycles. The minimum absolute atomic E-state index is 0.522. The Balaban J connectivity index is 0.00000139. The summed E-state index contributed by atoms with van der Waals surface area (Å²) in [4.78, 5) is 2.44. The van der Waals surface area contributed by atoms with Crippen molar-refractivity contribution in [2.75, 3.05) is 39.5 Å². The smallest absolute Gasteiger partial charge is 0.0701 e. The van der Waals surface area contributed by atoms with E-state index in [9.17, 15) is 0 Å². The Bertz CT molecular complexity index is 449. The van der Waals surface area contributed by atoms with Gasteiger partial charge in [-0.3, -0.25) is 4.90 Å². The summed E-state index contributed by atoms with van der Waals surface area (Å²) in [5.74, 6) is 0. The topological polar surface area (TPSA) is 33.7 Å². The van der Waals surface area contributed by atoms with Crippen molar-refractivity contribution in [3.05, 3.63) is 34.9 Å². The molecule has 1 N–H and O–H groups in total. The first-order valence-corrected chi connectivity index (χ1v) is 9.35. The van der Waals surface area contributed by atoms with Gasteiger partial charge in [0.15, 0.2) is 0 Å². The quantitative estimate of drug-likeness (QED) is 0.664. The van der Waals surface area contributed by atoms with Gasteiger partial charge in [-0.1, -0.05) is 51.5 Å². The van der Waals surface area contributed by atoms with Gasteiger partial charge in [0, 0.05) is 32.2 Å². The van der Waals surface area contributed by atoms with Crippen LogP contribution in [0.15, 0.2) is 18.2 Å². The lowest BCUT2D eigenvalue weighted by Crippen LogP contribution is -2.27. The van der Waals surface area contributed by atoms with E-state index in [-0.39, 0.29) is 0 Å². The highest BCUT2D eigenvalue weighted by atomic mass is 16.5. The maximum Gasteiger partial charge on any atom is 0.0701 e. The van der Waals surface area contributed by atoms with Crippen LogP contribution in [0.5, 0.6) is 0 Å². The van der Waals surface area contributed by atoms with E-state index in [1.807, 2.05) is 13.8 Å². The summed E-state index contributed by atoms with van der Waals surface area (Å²) in [5, 5.41) is 3.32. The molecule has 1 aromatic rings. The fourth-order valence-electron chi connectivity index (χ4n) is 2.69. The first kappa shape index (κ1) is 21.1. The number of rotatable bonds is 10. The summed E-state index contributed by atoms with van der Waals surface area (Å²) < 4.78 is 11.2. The first-order chi connectivity index (χ1) is 11.6. The SMILES string of the molecule is CC.Cc1ccc2c(c1)CN(CCOCCOCCNC(C)C)C2. The Labute approximate surface area is 148 Å². The molecule has 4 heteroatoms. The second-order valence-electron chi connectivity index (χ2n) is 6.32. The van der Waals surface area contributed by atoms with E-state index in [1.165, 1.54) is 16.7 Å². The third kappa shape index (κ3) is 8.25. The van der Waals surface area contributed by atoms with Crippen LogP contribution >= 0.6 is 0 Å². The van der Waals surface area contributed by atoms with Gasteiger partial charge in [0.1, 0.15) is 0 Å². The highest BCUT2D eigenvalue weighted by Crippen LogP contribution is 2.23. The number of hydrogen-bond acceptors (Lipinski definition) is 4. The highest BCUT2D eigenvalue weighted by molar-refractivity contribution is 5.34. The zero-order valence-corrected chi connectivity index (χ0v) is 16.2. The van der Waals surface area contributed by atoms with Gasteiger partial charge in [-0.15, -0.1) is 0 Å². The van der Waals surface area contributed by atoms with Crippen molar-refractivity contribution < 1.29 is 9.47 Å². The number of ether oxygens (including phenoxy) is 2. The van der Waals surface area contributed by atoms with Crippen LogP contribution in [0.3, 0.4) is 0 Å². The van der Waals surface area contributed by atoms with Gasteiger partial charge in [0.25, 0.3) is 0 Å². The van der Waals surface area contributed by atoms with E-state index in [0.717, 1.165) is 39.4 Å². The van der Waals surface area contributed by atoms with Gasteiger partial charge >= 0.3 is 0 Å². The van der Waals surface area contributed by atoms with Crippen molar-refractivity contribution >= 4 is 0 Å². The van der Waals surface area contributed by atoms with Crippen LogP contribution < -0.4 is 5.32 Å². The lowest BCUT2D eigenvalue weighted by Gasteiger charge is -2.14. The van der Waals surface area contributed by atoms with E-state index >= 15 is 0 Å². The second-order valence-corrected chi connectivity index (χ2v) is 6.32. The second kappa shape index (κ2) is 12.4. The van der Waals surface area contributed by atoms with Gasteiger partial charge in [-0.05, 0) is 18.1 Å². The molecule has 1 aliphatic heterocycles. The van der Waals surface area contributed by atoms with Gasteiger partial charge in [0.05, 0.1) is 26.4 Å². The molecular weight excluding hydrogens is 300 g/mol. The zero-order chi connectivity index (χ0) is 17.8. The van der Waals surface area contributed by atoms with E-state index in [0.29, 0.717) is 19.3 Å². The van der Waals surface area contributed by atoms with Crippen LogP contribution in [0, 0.1) is 6.92 Å². The Morgan fingerprint density at radius 3 is 2.38 bits per heavy atom. The monoisotopic (exact) mass is 336 g/mol. The molecule has 4 nitrogen and oxygen atoms in total. The predicted molar refractivity (Wildman–Crippen MR) is 101 cm³/mol. The molecular formula is C20H36N2O2. The first-order valence-electron chi connectivity index (χ1n) is 9.35. The average molecular weight is 337 g/mol. The molecule has 24 heavy (non-hydrogen) atoms. The third-order valence-corrected chi connectivity index (χ3v) is 3.87. The van der Waals surface area contributed by atoms with Crippen molar-refractivity contribution in [3.63, 3.8) is 0 Å². The number of hydrogen-bond donors (Lipinski definition) is 1. The molecule has 1 aromatic carbocycles. The van der Waals surface area contributed by atoms with E-state index in [1.54, 1.807) is 0 Å². The molecule has 0 saturated carbocycles. The fraction of sp³-hybridized carbons (Fsp3) is 0.700. The Hall–Kier alpha value is -0.940. The van der Waals surface area contributed by atoms with E-state index in [2.05, 4.69) is 49.2 Å². The lowest BCUT2D eigenvalue weighted by atomic mass is 10.1. The maximum atomic E-state index is 5.66. The lowest BCUT2D eigenvalue weighted by molar-refractivity contribution is 0.0388. The molecule has 1 heterocycles. The molecule has 2 rings (SSSR count). The summed E-state index contributed by atoms with van der Waals surface area (Å²) in [6, 6.07) is 7.28. The summed E-state index contributed by atoms with van der Waals surface area (Å²) in [6.07, 6.45) is 0. The maximum absolute atomic E-state index is 5.66. The largest absolute Gasteiger partial charge is 0.378 e. The van der Waals surface area contributed by atoms with Gasteiger partial charge in [-0.25, -0.2) is 0 Å². The van der Waals surface area contributed by atoms with E-state index in [4.69, 9.17) is 9.47 Å². The van der Waals surface area contributed by atoms with Crippen molar-refractivity contribution in [2.45, 2.75) is 53.8 Å². The van der Waals surface area contributed by atoms with Gasteiger partial charge < -0.3 is 14.8 Å². The summed E-state index contributed by atoms with van der Waals surface area (Å²) >= 11 is 0. The predicted octanol–water partition coefficient (Wildman–Crippen LogP) is 3.37. The standard InChI is InChI=1S/C18H30N2O2.C2H6/c1-15(2)19-6-8-21-10-11-22-9-7-20-13-17-5-4-16(3)12-18(17)14-20;1-2/h4-5,12,15,19H,6-11,13-14H2,1-3H3;1-2H3. The molecule has 0 atom stereocenters. The van der Waals surface area contributed by atoms with Crippen LogP contribution in [0.2, 0.25) is 0 Å². The van der Waals surface area contributed by atoms with Crippen molar-refractivity contribution in [3.8, 4) is 0 Å². The molecule has 1 aliphatic rings. The van der Waals surface area contributed by atoms with Crippen molar-refractivity contribution in [2.24, 2.45) is 0 Å². The van der Waals surface area contributed by atoms with Crippen LogP contribution in [0.4, 0.5) is 0 Å². The van der Waals surface area contributed by atoms with Crippen LogP contribution in [-0.2, 0) is 22.6 Å². The molecule has 0 amide bonds. The molecule has 138 valence electrons. The minimum Gasteiger partial charge on any atom is -0.378 e. The minimum atomic E-state index is 0.522. The van der Waals surface area contributed by atoms with Gasteiger partial charge in [-0.2, -0.15) is 0 Å². The molecule has 0 fully saturated rings. The average Bonchev–Trinajstić information content (AvgIpc) is 2.96. The molecule has 0 saturated heterocycles. The van der Waals surface area contributed by atoms with Crippen molar-refractivity contribution in [1.82, 2.24) is 10.2 Å². The van der Waals surface area contributed by atoms with Gasteiger partial charge in [0.2, 0.25) is 0 Å². The third-order valence-electron chi connectivity index (χ3n) is 3.87. The number of aryl methyl sites for hydroxylation is 1. The fourth-order valence-corrected chi connectivity index (χ4v) is 2.69. The highest BCUT2D eigenvalue weighted by Gasteiger charge is 2.17. The number of nitrogens with one attached hydrogen (secondary N) is 1. The van der Waals surface area contributed by atoms with Crippen molar-refractivity contribution in [1.29, 1.82) is 0 Å². The summed E-state index contributed by atoms with van der Waals surface area (Å²) in [6.45, 7) is 17.3. The molecule has 0 unspecified atom stereocenters. The van der Waals surface area contributed by atoms with Crippen LogP contribution in [0.25, 0.3) is 0 Å². The normalized spacial score (nSPS) is 13.8. The Morgan fingerprint density at radius 2 is 1.67 bits per heavy atom. The summed E-state index contributed by atoms with van der Waals surface area (Å²) in [7, 11) is 0. The number of fused-ring (bicyclic) bond motifs is 1. The molecule has 0 radical (unpaired) electrons. The molecule has 0 bridgehead atoms. The summed E-state index contributed by atoms with van der Waals surface area (Å²) in [5.41, 5.74) is 4.29. The molecule has 0 aromatic heterocycles. The van der Waals surface area contributed by atoms with E-state index < -0.39 is 0 Å². The Morgan fingerprint density at radius 1 is 1.00 bits per heavy atom. The number of nitrogens with zero attached hydrogens (tertiary/aromatic N) is 1. The Kier molecular flexibility index (Phi) is 10.9. The molecule has 0 spiro atoms. The zero-order valence-electron chi connectivity index (χ0n) is 16.2. The number of benzene rings is 1. The van der Waals surface area contributed by atoms with Crippen LogP contribution in [0.1, 0.15) is 44.4 Å².